The van der Waals surface area contributed by atoms with Crippen molar-refractivity contribution in [3.63, 3.8) is 0 Å². The minimum Gasteiger partial charge on any atom is -0.376 e. The summed E-state index contributed by atoms with van der Waals surface area (Å²) in [6.45, 7) is 7.40. The molecule has 1 aliphatic heterocycles. The SMILES string of the molecule is CCC1CN(CCCCCN)CCO1. The lowest BCUT2D eigenvalue weighted by atomic mass is 10.2. The maximum absolute atomic E-state index is 5.62. The zero-order valence-corrected chi connectivity index (χ0v) is 9.37. The van der Waals surface area contributed by atoms with Crippen LogP contribution < -0.4 is 5.73 Å². The molecule has 3 heteroatoms. The molecule has 1 unspecified atom stereocenters. The molecule has 1 heterocycles. The molecule has 1 fully saturated rings. The third-order valence-corrected chi connectivity index (χ3v) is 2.86. The molecular weight excluding hydrogens is 176 g/mol. The van der Waals surface area contributed by atoms with E-state index in [1.165, 1.54) is 25.8 Å². The first-order valence-electron chi connectivity index (χ1n) is 5.90. The molecular formula is C11H24N2O. The van der Waals surface area contributed by atoms with E-state index in [1.54, 1.807) is 0 Å². The van der Waals surface area contributed by atoms with Crippen molar-refractivity contribution in [1.82, 2.24) is 4.90 Å². The van der Waals surface area contributed by atoms with E-state index in [2.05, 4.69) is 11.8 Å². The van der Waals surface area contributed by atoms with Gasteiger partial charge in [-0.05, 0) is 32.4 Å². The minimum atomic E-state index is 0.471. The van der Waals surface area contributed by atoms with Crippen LogP contribution in [0, 0.1) is 0 Å². The number of morpholine rings is 1. The predicted molar refractivity (Wildman–Crippen MR) is 59.4 cm³/mol. The number of unbranched alkanes of at least 4 members (excludes halogenated alkanes) is 2. The van der Waals surface area contributed by atoms with Crippen molar-refractivity contribution in [3.8, 4) is 0 Å². The molecule has 0 amide bonds. The van der Waals surface area contributed by atoms with Gasteiger partial charge >= 0.3 is 0 Å². The molecule has 1 aliphatic rings. The van der Waals surface area contributed by atoms with Crippen LogP contribution in [0.3, 0.4) is 0 Å². The molecule has 0 aliphatic carbocycles. The van der Waals surface area contributed by atoms with Crippen LogP contribution >= 0.6 is 0 Å². The lowest BCUT2D eigenvalue weighted by Gasteiger charge is -2.32. The molecule has 0 bridgehead atoms. The van der Waals surface area contributed by atoms with Crippen molar-refractivity contribution >= 4 is 0 Å². The molecule has 0 saturated carbocycles. The van der Waals surface area contributed by atoms with Crippen LogP contribution in [0.5, 0.6) is 0 Å². The molecule has 0 aromatic rings. The summed E-state index contributed by atoms with van der Waals surface area (Å²) in [6, 6.07) is 0. The maximum atomic E-state index is 5.62. The van der Waals surface area contributed by atoms with E-state index in [4.69, 9.17) is 10.5 Å². The second kappa shape index (κ2) is 7.21. The highest BCUT2D eigenvalue weighted by Crippen LogP contribution is 2.09. The molecule has 0 aromatic heterocycles. The zero-order valence-electron chi connectivity index (χ0n) is 9.37. The molecule has 3 nitrogen and oxygen atoms in total. The summed E-state index contributed by atoms with van der Waals surface area (Å²) < 4.78 is 5.62. The molecule has 0 spiro atoms. The van der Waals surface area contributed by atoms with Crippen molar-refractivity contribution in [2.75, 3.05) is 32.8 Å². The summed E-state index contributed by atoms with van der Waals surface area (Å²) in [5.41, 5.74) is 5.46. The van der Waals surface area contributed by atoms with E-state index < -0.39 is 0 Å². The maximum Gasteiger partial charge on any atom is 0.0700 e. The Bertz CT molecular complexity index is 141. The van der Waals surface area contributed by atoms with E-state index in [9.17, 15) is 0 Å². The monoisotopic (exact) mass is 200 g/mol. The fourth-order valence-electron chi connectivity index (χ4n) is 1.89. The van der Waals surface area contributed by atoms with Gasteiger partial charge in [-0.15, -0.1) is 0 Å². The average Bonchev–Trinajstić information content (AvgIpc) is 2.25. The van der Waals surface area contributed by atoms with Gasteiger partial charge in [0.05, 0.1) is 12.7 Å². The lowest BCUT2D eigenvalue weighted by molar-refractivity contribution is -0.0299. The summed E-state index contributed by atoms with van der Waals surface area (Å²) in [6.07, 6.45) is 5.33. The molecule has 1 saturated heterocycles. The van der Waals surface area contributed by atoms with Crippen LogP contribution in [0.15, 0.2) is 0 Å². The quantitative estimate of drug-likeness (QED) is 0.655. The summed E-state index contributed by atoms with van der Waals surface area (Å²) >= 11 is 0. The lowest BCUT2D eigenvalue weighted by Crippen LogP contribution is -2.42. The minimum absolute atomic E-state index is 0.471. The number of ether oxygens (including phenoxy) is 1. The van der Waals surface area contributed by atoms with Gasteiger partial charge in [-0.25, -0.2) is 0 Å². The highest BCUT2D eigenvalue weighted by Gasteiger charge is 2.17. The molecule has 0 aromatic carbocycles. The first-order valence-corrected chi connectivity index (χ1v) is 5.90. The Morgan fingerprint density at radius 3 is 2.93 bits per heavy atom. The van der Waals surface area contributed by atoms with Crippen molar-refractivity contribution in [2.24, 2.45) is 5.73 Å². The first-order chi connectivity index (χ1) is 6.86. The van der Waals surface area contributed by atoms with E-state index >= 15 is 0 Å². The summed E-state index contributed by atoms with van der Waals surface area (Å²) in [5, 5.41) is 0. The topological polar surface area (TPSA) is 38.5 Å². The second-order valence-corrected chi connectivity index (χ2v) is 4.05. The van der Waals surface area contributed by atoms with Crippen molar-refractivity contribution in [3.05, 3.63) is 0 Å². The average molecular weight is 200 g/mol. The normalized spacial score (nSPS) is 24.0. The van der Waals surface area contributed by atoms with Crippen molar-refractivity contribution in [2.45, 2.75) is 38.7 Å². The Labute approximate surface area is 87.6 Å². The van der Waals surface area contributed by atoms with Crippen molar-refractivity contribution < 1.29 is 4.74 Å². The number of hydrogen-bond acceptors (Lipinski definition) is 3. The van der Waals surface area contributed by atoms with Gasteiger partial charge < -0.3 is 10.5 Å². The smallest absolute Gasteiger partial charge is 0.0700 e. The van der Waals surface area contributed by atoms with E-state index in [-0.39, 0.29) is 0 Å². The molecule has 1 rings (SSSR count). The summed E-state index contributed by atoms with van der Waals surface area (Å²) in [4.78, 5) is 2.52. The fourth-order valence-corrected chi connectivity index (χ4v) is 1.89. The van der Waals surface area contributed by atoms with Crippen LogP contribution in [0.25, 0.3) is 0 Å². The van der Waals surface area contributed by atoms with Crippen LogP contribution in [0.4, 0.5) is 0 Å². The summed E-state index contributed by atoms with van der Waals surface area (Å²) in [5.74, 6) is 0. The van der Waals surface area contributed by atoms with Crippen LogP contribution in [-0.4, -0.2) is 43.8 Å². The van der Waals surface area contributed by atoms with Gasteiger partial charge in [0.2, 0.25) is 0 Å². The molecule has 1 atom stereocenters. The second-order valence-electron chi connectivity index (χ2n) is 4.05. The van der Waals surface area contributed by atoms with Crippen molar-refractivity contribution in [1.29, 1.82) is 0 Å². The number of nitrogens with two attached hydrogens (primary N) is 1. The third-order valence-electron chi connectivity index (χ3n) is 2.86. The van der Waals surface area contributed by atoms with Gasteiger partial charge in [0, 0.05) is 13.1 Å². The van der Waals surface area contributed by atoms with Gasteiger partial charge in [-0.3, -0.25) is 4.90 Å². The predicted octanol–water partition coefficient (Wildman–Crippen LogP) is 1.23. The first kappa shape index (κ1) is 12.0. The van der Waals surface area contributed by atoms with Gasteiger partial charge in [0.1, 0.15) is 0 Å². The fraction of sp³-hybridized carbons (Fsp3) is 1.00. The van der Waals surface area contributed by atoms with Gasteiger partial charge in [-0.2, -0.15) is 0 Å². The van der Waals surface area contributed by atoms with Crippen LogP contribution in [0.1, 0.15) is 32.6 Å². The number of rotatable bonds is 6. The zero-order chi connectivity index (χ0) is 10.2. The Balaban J connectivity index is 2.05. The largest absolute Gasteiger partial charge is 0.376 e. The third kappa shape index (κ3) is 4.40. The summed E-state index contributed by atoms with van der Waals surface area (Å²) in [7, 11) is 0. The highest BCUT2D eigenvalue weighted by atomic mass is 16.5. The van der Waals surface area contributed by atoms with Crippen LogP contribution in [-0.2, 0) is 4.74 Å². The Morgan fingerprint density at radius 2 is 2.21 bits per heavy atom. The van der Waals surface area contributed by atoms with E-state index in [0.29, 0.717) is 6.10 Å². The van der Waals surface area contributed by atoms with Crippen LogP contribution in [0.2, 0.25) is 0 Å². The molecule has 84 valence electrons. The highest BCUT2D eigenvalue weighted by molar-refractivity contribution is 4.70. The van der Waals surface area contributed by atoms with E-state index in [1.807, 2.05) is 0 Å². The standard InChI is InChI=1S/C11H24N2O/c1-2-11-10-13(8-9-14-11)7-5-3-4-6-12/h11H,2-10,12H2,1H3. The molecule has 0 radical (unpaired) electrons. The number of nitrogens with zero attached hydrogens (tertiary/aromatic N) is 1. The number of hydrogen-bond donors (Lipinski definition) is 1. The van der Waals surface area contributed by atoms with E-state index in [0.717, 1.165) is 32.7 Å². The Kier molecular flexibility index (Phi) is 6.15. The Hall–Kier alpha value is -0.120. The molecule has 2 N–H and O–H groups in total. The molecule has 14 heavy (non-hydrogen) atoms. The van der Waals surface area contributed by atoms with Gasteiger partial charge in [0.25, 0.3) is 0 Å². The Morgan fingerprint density at radius 1 is 1.36 bits per heavy atom. The van der Waals surface area contributed by atoms with Gasteiger partial charge in [-0.1, -0.05) is 13.3 Å². The van der Waals surface area contributed by atoms with Gasteiger partial charge in [0.15, 0.2) is 0 Å².